The monoisotopic (exact) mass is 449 g/mol. The Morgan fingerprint density at radius 1 is 0.968 bits per heavy atom. The Morgan fingerprint density at radius 2 is 1.71 bits per heavy atom. The number of halogens is 4. The van der Waals surface area contributed by atoms with E-state index in [1.165, 1.54) is 42.7 Å². The van der Waals surface area contributed by atoms with E-state index in [2.05, 4.69) is 15.6 Å². The van der Waals surface area contributed by atoms with E-state index in [0.717, 1.165) is 0 Å². The summed E-state index contributed by atoms with van der Waals surface area (Å²) in [5, 5.41) is 5.32. The van der Waals surface area contributed by atoms with Gasteiger partial charge in [0.25, 0.3) is 11.8 Å². The van der Waals surface area contributed by atoms with Crippen molar-refractivity contribution in [2.24, 2.45) is 0 Å². The molecule has 0 saturated heterocycles. The summed E-state index contributed by atoms with van der Waals surface area (Å²) in [5.74, 6) is -1.23. The molecule has 6 nitrogen and oxygen atoms in total. The number of hydrogen-bond donors (Lipinski definition) is 2. The van der Waals surface area contributed by atoms with Gasteiger partial charge in [-0.05, 0) is 48.5 Å². The van der Waals surface area contributed by atoms with E-state index < -0.39 is 24.6 Å². The van der Waals surface area contributed by atoms with Crippen molar-refractivity contribution in [2.75, 3.05) is 17.2 Å². The Labute approximate surface area is 180 Å². The van der Waals surface area contributed by atoms with Crippen LogP contribution in [0, 0.1) is 0 Å². The predicted molar refractivity (Wildman–Crippen MR) is 110 cm³/mol. The molecule has 2 aromatic carbocycles. The molecule has 2 N–H and O–H groups in total. The number of amides is 2. The zero-order valence-corrected chi connectivity index (χ0v) is 16.5. The van der Waals surface area contributed by atoms with Crippen molar-refractivity contribution in [2.45, 2.75) is 6.18 Å². The molecule has 0 aliphatic carbocycles. The zero-order valence-electron chi connectivity index (χ0n) is 15.7. The average molecular weight is 450 g/mol. The van der Waals surface area contributed by atoms with E-state index in [9.17, 15) is 22.8 Å². The van der Waals surface area contributed by atoms with Crippen LogP contribution in [0.4, 0.5) is 24.5 Å². The van der Waals surface area contributed by atoms with Crippen LogP contribution in [0.5, 0.6) is 5.75 Å². The summed E-state index contributed by atoms with van der Waals surface area (Å²) < 4.78 is 42.2. The number of nitrogens with one attached hydrogen (secondary N) is 2. The standard InChI is InChI=1S/C21H15ClF3N3O3/c22-15-6-7-18(31-12-21(23,24)25)17(10-15)28-19(29)13-3-1-5-16(9-13)27-20(30)14-4-2-8-26-11-14/h1-11H,12H2,(H,27,30)(H,28,29). The molecule has 0 atom stereocenters. The molecule has 31 heavy (non-hydrogen) atoms. The Balaban J connectivity index is 1.75. The first-order chi connectivity index (χ1) is 14.7. The van der Waals surface area contributed by atoms with Crippen molar-refractivity contribution in [3.05, 3.63) is 83.1 Å². The molecule has 2 amide bonds. The van der Waals surface area contributed by atoms with Gasteiger partial charge in [-0.15, -0.1) is 0 Å². The molecular formula is C21H15ClF3N3O3. The van der Waals surface area contributed by atoms with Gasteiger partial charge >= 0.3 is 6.18 Å². The minimum Gasteiger partial charge on any atom is -0.482 e. The predicted octanol–water partition coefficient (Wildman–Crippen LogP) is 5.18. The molecule has 0 unspecified atom stereocenters. The Morgan fingerprint density at radius 3 is 2.42 bits per heavy atom. The molecule has 1 aromatic heterocycles. The highest BCUT2D eigenvalue weighted by Gasteiger charge is 2.29. The van der Waals surface area contributed by atoms with Crippen molar-refractivity contribution in [1.82, 2.24) is 4.98 Å². The van der Waals surface area contributed by atoms with Crippen LogP contribution in [0.15, 0.2) is 67.0 Å². The molecule has 0 fully saturated rings. The Bertz CT molecular complexity index is 1090. The van der Waals surface area contributed by atoms with Gasteiger partial charge < -0.3 is 15.4 Å². The highest BCUT2D eigenvalue weighted by Crippen LogP contribution is 2.30. The quantitative estimate of drug-likeness (QED) is 0.543. The van der Waals surface area contributed by atoms with Crippen molar-refractivity contribution >= 4 is 34.8 Å². The second kappa shape index (κ2) is 9.48. The minimum atomic E-state index is -4.54. The van der Waals surface area contributed by atoms with Crippen LogP contribution in [0.1, 0.15) is 20.7 Å². The highest BCUT2D eigenvalue weighted by molar-refractivity contribution is 6.31. The Hall–Kier alpha value is -3.59. The van der Waals surface area contributed by atoms with Crippen LogP contribution < -0.4 is 15.4 Å². The summed E-state index contributed by atoms with van der Waals surface area (Å²) in [4.78, 5) is 28.7. The number of carbonyl (C=O) groups excluding carboxylic acids is 2. The summed E-state index contributed by atoms with van der Waals surface area (Å²) in [6, 6.07) is 13.1. The number of anilines is 2. The topological polar surface area (TPSA) is 80.3 Å². The van der Waals surface area contributed by atoms with Crippen LogP contribution in [0.2, 0.25) is 5.02 Å². The van der Waals surface area contributed by atoms with E-state index in [1.807, 2.05) is 0 Å². The van der Waals surface area contributed by atoms with Gasteiger partial charge in [-0.1, -0.05) is 17.7 Å². The van der Waals surface area contributed by atoms with Gasteiger partial charge in [-0.25, -0.2) is 0 Å². The third kappa shape index (κ3) is 6.45. The number of rotatable bonds is 6. The first-order valence-electron chi connectivity index (χ1n) is 8.83. The van der Waals surface area contributed by atoms with E-state index in [4.69, 9.17) is 16.3 Å². The molecular weight excluding hydrogens is 435 g/mol. The van der Waals surface area contributed by atoms with Crippen LogP contribution >= 0.6 is 11.6 Å². The third-order valence-corrected chi connectivity index (χ3v) is 4.12. The SMILES string of the molecule is O=C(Nc1cccc(C(=O)Nc2cc(Cl)ccc2OCC(F)(F)F)c1)c1cccnc1. The first kappa shape index (κ1) is 22.1. The summed E-state index contributed by atoms with van der Waals surface area (Å²) >= 11 is 5.90. The van der Waals surface area contributed by atoms with E-state index in [1.54, 1.807) is 24.3 Å². The van der Waals surface area contributed by atoms with Crippen molar-refractivity contribution in [1.29, 1.82) is 0 Å². The van der Waals surface area contributed by atoms with E-state index in [-0.39, 0.29) is 22.0 Å². The number of hydrogen-bond acceptors (Lipinski definition) is 4. The molecule has 3 aromatic rings. The summed E-state index contributed by atoms with van der Waals surface area (Å²) in [6.45, 7) is -1.52. The highest BCUT2D eigenvalue weighted by atomic mass is 35.5. The van der Waals surface area contributed by atoms with Crippen LogP contribution in [0.3, 0.4) is 0 Å². The number of nitrogens with zero attached hydrogens (tertiary/aromatic N) is 1. The number of carbonyl (C=O) groups is 2. The van der Waals surface area contributed by atoms with Crippen molar-refractivity contribution in [3.63, 3.8) is 0 Å². The Kier molecular flexibility index (Phi) is 6.76. The molecule has 0 bridgehead atoms. The fraction of sp³-hybridized carbons (Fsp3) is 0.0952. The fourth-order valence-corrected chi connectivity index (χ4v) is 2.69. The second-order valence-electron chi connectivity index (χ2n) is 6.28. The van der Waals surface area contributed by atoms with Crippen LogP contribution in [-0.4, -0.2) is 29.6 Å². The number of aromatic nitrogens is 1. The smallest absolute Gasteiger partial charge is 0.422 e. The second-order valence-corrected chi connectivity index (χ2v) is 6.71. The lowest BCUT2D eigenvalue weighted by atomic mass is 10.1. The maximum absolute atomic E-state index is 12.6. The molecule has 0 saturated carbocycles. The van der Waals surface area contributed by atoms with Gasteiger partial charge in [0.15, 0.2) is 6.61 Å². The first-order valence-corrected chi connectivity index (χ1v) is 9.21. The lowest BCUT2D eigenvalue weighted by Crippen LogP contribution is -2.20. The zero-order chi connectivity index (χ0) is 22.4. The summed E-state index contributed by atoms with van der Waals surface area (Å²) in [7, 11) is 0. The number of ether oxygens (including phenoxy) is 1. The lowest BCUT2D eigenvalue weighted by molar-refractivity contribution is -0.153. The number of benzene rings is 2. The minimum absolute atomic E-state index is 0.0217. The molecule has 10 heteroatoms. The molecule has 0 aliphatic heterocycles. The number of pyridine rings is 1. The average Bonchev–Trinajstić information content (AvgIpc) is 2.73. The van der Waals surface area contributed by atoms with Gasteiger partial charge in [0.1, 0.15) is 5.75 Å². The molecule has 0 radical (unpaired) electrons. The van der Waals surface area contributed by atoms with Crippen LogP contribution in [0.25, 0.3) is 0 Å². The number of alkyl halides is 3. The maximum Gasteiger partial charge on any atom is 0.422 e. The maximum atomic E-state index is 12.6. The van der Waals surface area contributed by atoms with Gasteiger partial charge in [0.2, 0.25) is 0 Å². The van der Waals surface area contributed by atoms with E-state index >= 15 is 0 Å². The normalized spacial score (nSPS) is 11.0. The van der Waals surface area contributed by atoms with Crippen molar-refractivity contribution in [3.8, 4) is 5.75 Å². The largest absolute Gasteiger partial charge is 0.482 e. The summed E-state index contributed by atoms with van der Waals surface area (Å²) in [5.41, 5.74) is 0.821. The van der Waals surface area contributed by atoms with Crippen molar-refractivity contribution < 1.29 is 27.5 Å². The van der Waals surface area contributed by atoms with Gasteiger partial charge in [0.05, 0.1) is 11.3 Å². The van der Waals surface area contributed by atoms with Gasteiger partial charge in [-0.3, -0.25) is 14.6 Å². The van der Waals surface area contributed by atoms with E-state index in [0.29, 0.717) is 11.3 Å². The summed E-state index contributed by atoms with van der Waals surface area (Å²) in [6.07, 6.45) is -1.61. The fourth-order valence-electron chi connectivity index (χ4n) is 2.52. The molecule has 0 spiro atoms. The van der Waals surface area contributed by atoms with Gasteiger partial charge in [-0.2, -0.15) is 13.2 Å². The third-order valence-electron chi connectivity index (χ3n) is 3.89. The molecule has 1 heterocycles. The molecule has 160 valence electrons. The van der Waals surface area contributed by atoms with Gasteiger partial charge in [0, 0.05) is 28.7 Å². The molecule has 3 rings (SSSR count). The van der Waals surface area contributed by atoms with Crippen LogP contribution in [-0.2, 0) is 0 Å². The molecule has 0 aliphatic rings. The lowest BCUT2D eigenvalue weighted by Gasteiger charge is -2.14.